The zero-order chi connectivity index (χ0) is 13.7. The van der Waals surface area contributed by atoms with Gasteiger partial charge in [-0.05, 0) is 38.1 Å². The van der Waals surface area contributed by atoms with Gasteiger partial charge in [-0.2, -0.15) is 4.98 Å². The van der Waals surface area contributed by atoms with Gasteiger partial charge in [0.1, 0.15) is 5.60 Å². The second-order valence-corrected chi connectivity index (χ2v) is 5.59. The molecule has 1 aromatic heterocycles. The SMILES string of the molecule is CCCNCc1nc(C2(OC)CCCC(C)C2)no1. The minimum Gasteiger partial charge on any atom is -0.370 e. The molecule has 1 aliphatic carbocycles. The number of hydrogen-bond acceptors (Lipinski definition) is 5. The van der Waals surface area contributed by atoms with Crippen molar-refractivity contribution in [1.82, 2.24) is 15.5 Å². The maximum Gasteiger partial charge on any atom is 0.240 e. The van der Waals surface area contributed by atoms with Crippen LogP contribution in [-0.4, -0.2) is 23.8 Å². The van der Waals surface area contributed by atoms with Crippen molar-refractivity contribution in [3.8, 4) is 0 Å². The van der Waals surface area contributed by atoms with Gasteiger partial charge in [0.05, 0.1) is 6.54 Å². The molecule has 0 spiro atoms. The second kappa shape index (κ2) is 6.48. The molecule has 1 heterocycles. The summed E-state index contributed by atoms with van der Waals surface area (Å²) >= 11 is 0. The van der Waals surface area contributed by atoms with E-state index in [0.717, 1.165) is 38.1 Å². The topological polar surface area (TPSA) is 60.2 Å². The molecule has 1 aliphatic rings. The minimum absolute atomic E-state index is 0.343. The van der Waals surface area contributed by atoms with E-state index in [1.54, 1.807) is 7.11 Å². The van der Waals surface area contributed by atoms with Gasteiger partial charge in [0.2, 0.25) is 11.7 Å². The van der Waals surface area contributed by atoms with Crippen LogP contribution in [0, 0.1) is 5.92 Å². The van der Waals surface area contributed by atoms with Crippen molar-refractivity contribution in [3.63, 3.8) is 0 Å². The Labute approximate surface area is 115 Å². The van der Waals surface area contributed by atoms with Crippen LogP contribution in [0.1, 0.15) is 57.7 Å². The monoisotopic (exact) mass is 267 g/mol. The third-order valence-corrected chi connectivity index (χ3v) is 3.93. The summed E-state index contributed by atoms with van der Waals surface area (Å²) in [5.41, 5.74) is -0.343. The van der Waals surface area contributed by atoms with Crippen molar-refractivity contribution in [2.45, 2.75) is 58.1 Å². The van der Waals surface area contributed by atoms with Gasteiger partial charge in [0, 0.05) is 7.11 Å². The number of ether oxygens (including phenoxy) is 1. The lowest BCUT2D eigenvalue weighted by Gasteiger charge is -2.36. The van der Waals surface area contributed by atoms with E-state index >= 15 is 0 Å². The second-order valence-electron chi connectivity index (χ2n) is 5.59. The maximum absolute atomic E-state index is 5.77. The first-order chi connectivity index (χ1) is 9.20. The van der Waals surface area contributed by atoms with Crippen LogP contribution in [-0.2, 0) is 16.9 Å². The van der Waals surface area contributed by atoms with Crippen LogP contribution in [0.15, 0.2) is 4.52 Å². The molecule has 0 radical (unpaired) electrons. The van der Waals surface area contributed by atoms with Gasteiger partial charge in [-0.25, -0.2) is 0 Å². The lowest BCUT2D eigenvalue weighted by Crippen LogP contribution is -2.35. The third kappa shape index (κ3) is 3.34. The molecule has 19 heavy (non-hydrogen) atoms. The van der Waals surface area contributed by atoms with Gasteiger partial charge in [0.15, 0.2) is 0 Å². The Kier molecular flexibility index (Phi) is 4.93. The van der Waals surface area contributed by atoms with Gasteiger partial charge in [-0.15, -0.1) is 0 Å². The predicted molar refractivity (Wildman–Crippen MR) is 72.6 cm³/mol. The van der Waals surface area contributed by atoms with E-state index in [2.05, 4.69) is 29.3 Å². The number of nitrogens with one attached hydrogen (secondary N) is 1. The number of nitrogens with zero attached hydrogens (tertiary/aromatic N) is 2. The van der Waals surface area contributed by atoms with Crippen LogP contribution in [0.4, 0.5) is 0 Å². The summed E-state index contributed by atoms with van der Waals surface area (Å²) in [6.07, 6.45) is 5.47. The number of aromatic nitrogens is 2. The highest BCUT2D eigenvalue weighted by Crippen LogP contribution is 2.41. The number of hydrogen-bond donors (Lipinski definition) is 1. The molecule has 1 N–H and O–H groups in total. The van der Waals surface area contributed by atoms with Crippen LogP contribution in [0.2, 0.25) is 0 Å². The van der Waals surface area contributed by atoms with E-state index in [1.807, 2.05) is 0 Å². The highest BCUT2D eigenvalue weighted by atomic mass is 16.5. The van der Waals surface area contributed by atoms with Crippen LogP contribution < -0.4 is 5.32 Å². The molecule has 108 valence electrons. The molecule has 1 aromatic rings. The van der Waals surface area contributed by atoms with E-state index in [9.17, 15) is 0 Å². The Morgan fingerprint density at radius 2 is 2.37 bits per heavy atom. The van der Waals surface area contributed by atoms with Crippen LogP contribution in [0.3, 0.4) is 0 Å². The van der Waals surface area contributed by atoms with E-state index in [4.69, 9.17) is 9.26 Å². The summed E-state index contributed by atoms with van der Waals surface area (Å²) in [5.74, 6) is 2.02. The molecule has 5 nitrogen and oxygen atoms in total. The molecular weight excluding hydrogens is 242 g/mol. The molecule has 5 heteroatoms. The standard InChI is InChI=1S/C14H25N3O2/c1-4-8-15-10-12-16-13(17-19-12)14(18-3)7-5-6-11(2)9-14/h11,15H,4-10H2,1-3H3. The Hall–Kier alpha value is -0.940. The zero-order valence-corrected chi connectivity index (χ0v) is 12.2. The normalized spacial score (nSPS) is 27.6. The van der Waals surface area contributed by atoms with E-state index in [0.29, 0.717) is 18.4 Å². The molecule has 0 aliphatic heterocycles. The van der Waals surface area contributed by atoms with Gasteiger partial charge in [-0.3, -0.25) is 0 Å². The molecule has 1 saturated carbocycles. The summed E-state index contributed by atoms with van der Waals surface area (Å²) in [7, 11) is 1.75. The molecule has 2 rings (SSSR count). The first kappa shape index (κ1) is 14.5. The molecule has 2 unspecified atom stereocenters. The molecule has 0 amide bonds. The van der Waals surface area contributed by atoms with Crippen LogP contribution in [0.25, 0.3) is 0 Å². The highest BCUT2D eigenvalue weighted by Gasteiger charge is 2.40. The Balaban J connectivity index is 2.06. The molecular formula is C14H25N3O2. The summed E-state index contributed by atoms with van der Waals surface area (Å²) in [6.45, 7) is 5.99. The number of rotatable bonds is 6. The van der Waals surface area contributed by atoms with Crippen molar-refractivity contribution in [3.05, 3.63) is 11.7 Å². The summed E-state index contributed by atoms with van der Waals surface area (Å²) in [6, 6.07) is 0. The fourth-order valence-electron chi connectivity index (χ4n) is 2.87. The molecule has 0 bridgehead atoms. The van der Waals surface area contributed by atoms with Gasteiger partial charge in [-0.1, -0.05) is 25.4 Å². The first-order valence-electron chi connectivity index (χ1n) is 7.29. The average Bonchev–Trinajstić information content (AvgIpc) is 2.88. The molecule has 0 aromatic carbocycles. The molecule has 2 atom stereocenters. The molecule has 0 saturated heterocycles. The van der Waals surface area contributed by atoms with Crippen LogP contribution >= 0.6 is 0 Å². The maximum atomic E-state index is 5.77. The molecule has 1 fully saturated rings. The van der Waals surface area contributed by atoms with Crippen molar-refractivity contribution < 1.29 is 9.26 Å². The first-order valence-corrected chi connectivity index (χ1v) is 7.29. The zero-order valence-electron chi connectivity index (χ0n) is 12.2. The van der Waals surface area contributed by atoms with Crippen molar-refractivity contribution >= 4 is 0 Å². The number of methoxy groups -OCH3 is 1. The largest absolute Gasteiger partial charge is 0.370 e. The summed E-state index contributed by atoms with van der Waals surface area (Å²) in [4.78, 5) is 4.52. The minimum atomic E-state index is -0.343. The van der Waals surface area contributed by atoms with E-state index < -0.39 is 0 Å². The Morgan fingerprint density at radius 3 is 3.05 bits per heavy atom. The Bertz CT molecular complexity index is 394. The quantitative estimate of drug-likeness (QED) is 0.803. The lowest BCUT2D eigenvalue weighted by molar-refractivity contribution is -0.0658. The van der Waals surface area contributed by atoms with Gasteiger partial charge >= 0.3 is 0 Å². The fourth-order valence-corrected chi connectivity index (χ4v) is 2.87. The van der Waals surface area contributed by atoms with E-state index in [-0.39, 0.29) is 5.60 Å². The van der Waals surface area contributed by atoms with Gasteiger partial charge in [0.25, 0.3) is 0 Å². The van der Waals surface area contributed by atoms with Gasteiger partial charge < -0.3 is 14.6 Å². The van der Waals surface area contributed by atoms with Crippen molar-refractivity contribution in [1.29, 1.82) is 0 Å². The lowest BCUT2D eigenvalue weighted by atomic mass is 9.78. The van der Waals surface area contributed by atoms with Crippen molar-refractivity contribution in [2.24, 2.45) is 5.92 Å². The highest BCUT2D eigenvalue weighted by molar-refractivity contribution is 5.04. The fraction of sp³-hybridized carbons (Fsp3) is 0.857. The third-order valence-electron chi connectivity index (χ3n) is 3.93. The summed E-state index contributed by atoms with van der Waals surface area (Å²) < 4.78 is 11.1. The smallest absolute Gasteiger partial charge is 0.240 e. The van der Waals surface area contributed by atoms with E-state index in [1.165, 1.54) is 6.42 Å². The average molecular weight is 267 g/mol. The summed E-state index contributed by atoms with van der Waals surface area (Å²) in [5, 5.41) is 7.41. The Morgan fingerprint density at radius 1 is 1.53 bits per heavy atom. The van der Waals surface area contributed by atoms with Crippen LogP contribution in [0.5, 0.6) is 0 Å². The van der Waals surface area contributed by atoms with Crippen molar-refractivity contribution in [2.75, 3.05) is 13.7 Å². The predicted octanol–water partition coefficient (Wildman–Crippen LogP) is 2.62.